The van der Waals surface area contributed by atoms with Gasteiger partial charge in [0.05, 0.1) is 0 Å². The summed E-state index contributed by atoms with van der Waals surface area (Å²) in [5.41, 5.74) is 1.63. The Balaban J connectivity index is 1.54. The molecule has 2 N–H and O–H groups in total. The Morgan fingerprint density at radius 2 is 1.88 bits per heavy atom. The van der Waals surface area contributed by atoms with Crippen molar-refractivity contribution < 1.29 is 9.18 Å². The molecular weight excluding hydrogens is 321 g/mol. The van der Waals surface area contributed by atoms with Crippen LogP contribution in [0.3, 0.4) is 0 Å². The zero-order valence-electron chi connectivity index (χ0n) is 13.3. The highest BCUT2D eigenvalue weighted by Crippen LogP contribution is 2.09. The van der Waals surface area contributed by atoms with Crippen LogP contribution in [-0.2, 0) is 13.1 Å². The first-order valence-corrected chi connectivity index (χ1v) is 7.70. The van der Waals surface area contributed by atoms with Crippen LogP contribution in [0.15, 0.2) is 60.9 Å². The molecule has 2 heterocycles. The molecule has 2 aromatic heterocycles. The molecule has 0 bridgehead atoms. The molecule has 3 rings (SSSR count). The maximum absolute atomic E-state index is 13.6. The highest BCUT2D eigenvalue weighted by molar-refractivity contribution is 5.92. The Bertz CT molecular complexity index is 840. The average Bonchev–Trinajstić information content (AvgIpc) is 2.67. The lowest BCUT2D eigenvalue weighted by Crippen LogP contribution is -2.24. The first kappa shape index (κ1) is 16.5. The number of halogens is 1. The smallest absolute Gasteiger partial charge is 0.272 e. The van der Waals surface area contributed by atoms with Crippen molar-refractivity contribution in [3.05, 3.63) is 83.6 Å². The van der Waals surface area contributed by atoms with E-state index in [1.54, 1.807) is 48.8 Å². The lowest BCUT2D eigenvalue weighted by molar-refractivity contribution is 0.0945. The average molecular weight is 337 g/mol. The van der Waals surface area contributed by atoms with Gasteiger partial charge in [0.15, 0.2) is 5.69 Å². The Morgan fingerprint density at radius 3 is 2.60 bits per heavy atom. The minimum absolute atomic E-state index is 0.209. The van der Waals surface area contributed by atoms with Crippen LogP contribution in [0.25, 0.3) is 0 Å². The standard InChI is InChI=1S/C18H16FN5O/c19-15-6-2-1-5-14(15)12-21-17-8-7-16(23-24-17)18(25)22-11-13-4-3-9-20-10-13/h1-10H,11-12H2,(H,21,24)(H,22,25). The van der Waals surface area contributed by atoms with Crippen LogP contribution in [0.1, 0.15) is 21.6 Å². The number of anilines is 1. The summed E-state index contributed by atoms with van der Waals surface area (Å²) in [4.78, 5) is 16.0. The molecule has 6 nitrogen and oxygen atoms in total. The lowest BCUT2D eigenvalue weighted by Gasteiger charge is -2.07. The largest absolute Gasteiger partial charge is 0.364 e. The van der Waals surface area contributed by atoms with E-state index in [0.717, 1.165) is 5.56 Å². The second-order valence-corrected chi connectivity index (χ2v) is 5.29. The Kier molecular flexibility index (Phi) is 5.26. The molecule has 126 valence electrons. The summed E-state index contributed by atoms with van der Waals surface area (Å²) in [5.74, 6) is -0.140. The Labute approximate surface area is 144 Å². The van der Waals surface area contributed by atoms with Crippen LogP contribution < -0.4 is 10.6 Å². The molecule has 7 heteroatoms. The number of pyridine rings is 1. The van der Waals surface area contributed by atoms with Gasteiger partial charge in [-0.15, -0.1) is 10.2 Å². The van der Waals surface area contributed by atoms with Crippen LogP contribution in [-0.4, -0.2) is 21.1 Å². The fourth-order valence-electron chi connectivity index (χ4n) is 2.15. The van der Waals surface area contributed by atoms with Crippen molar-refractivity contribution in [1.82, 2.24) is 20.5 Å². The molecule has 1 aromatic carbocycles. The minimum Gasteiger partial charge on any atom is -0.364 e. The molecule has 25 heavy (non-hydrogen) atoms. The zero-order valence-corrected chi connectivity index (χ0v) is 13.3. The van der Waals surface area contributed by atoms with Crippen molar-refractivity contribution in [2.24, 2.45) is 0 Å². The summed E-state index contributed by atoms with van der Waals surface area (Å²) >= 11 is 0. The van der Waals surface area contributed by atoms with Gasteiger partial charge in [-0.3, -0.25) is 9.78 Å². The van der Waals surface area contributed by atoms with Crippen LogP contribution in [0.2, 0.25) is 0 Å². The molecule has 0 saturated carbocycles. The van der Waals surface area contributed by atoms with Gasteiger partial charge >= 0.3 is 0 Å². The van der Waals surface area contributed by atoms with Gasteiger partial charge in [0, 0.05) is 31.0 Å². The molecule has 0 aliphatic rings. The molecule has 0 spiro atoms. The number of rotatable bonds is 6. The highest BCUT2D eigenvalue weighted by atomic mass is 19.1. The maximum Gasteiger partial charge on any atom is 0.272 e. The third-order valence-corrected chi connectivity index (χ3v) is 3.49. The van der Waals surface area contributed by atoms with Gasteiger partial charge in [0.1, 0.15) is 11.6 Å². The number of amides is 1. The van der Waals surface area contributed by atoms with E-state index >= 15 is 0 Å². The summed E-state index contributed by atoms with van der Waals surface area (Å²) in [5, 5.41) is 13.6. The predicted molar refractivity (Wildman–Crippen MR) is 91.2 cm³/mol. The van der Waals surface area contributed by atoms with E-state index in [2.05, 4.69) is 25.8 Å². The van der Waals surface area contributed by atoms with Gasteiger partial charge in [0.2, 0.25) is 0 Å². The fraction of sp³-hybridized carbons (Fsp3) is 0.111. The Hall–Kier alpha value is -3.35. The highest BCUT2D eigenvalue weighted by Gasteiger charge is 2.08. The molecule has 0 aliphatic carbocycles. The van der Waals surface area contributed by atoms with Crippen LogP contribution in [0.4, 0.5) is 10.2 Å². The SMILES string of the molecule is O=C(NCc1cccnc1)c1ccc(NCc2ccccc2F)nn1. The molecule has 0 saturated heterocycles. The van der Waals surface area contributed by atoms with Gasteiger partial charge in [0.25, 0.3) is 5.91 Å². The molecule has 0 atom stereocenters. The molecule has 3 aromatic rings. The van der Waals surface area contributed by atoms with E-state index in [9.17, 15) is 9.18 Å². The zero-order chi connectivity index (χ0) is 17.5. The minimum atomic E-state index is -0.322. The van der Waals surface area contributed by atoms with Crippen LogP contribution in [0, 0.1) is 5.82 Å². The number of nitrogens with one attached hydrogen (secondary N) is 2. The van der Waals surface area contributed by atoms with E-state index in [4.69, 9.17) is 0 Å². The van der Waals surface area contributed by atoms with Crippen molar-refractivity contribution >= 4 is 11.7 Å². The van der Waals surface area contributed by atoms with E-state index in [1.807, 2.05) is 6.07 Å². The summed E-state index contributed by atoms with van der Waals surface area (Å²) < 4.78 is 13.6. The number of aromatic nitrogens is 3. The van der Waals surface area contributed by atoms with Crippen molar-refractivity contribution in [2.75, 3.05) is 5.32 Å². The normalized spacial score (nSPS) is 10.3. The number of benzene rings is 1. The van der Waals surface area contributed by atoms with Crippen molar-refractivity contribution in [3.8, 4) is 0 Å². The number of hydrogen-bond acceptors (Lipinski definition) is 5. The van der Waals surface area contributed by atoms with Gasteiger partial charge in [-0.25, -0.2) is 4.39 Å². The van der Waals surface area contributed by atoms with Crippen LogP contribution in [0.5, 0.6) is 0 Å². The summed E-state index contributed by atoms with van der Waals surface area (Å²) in [6, 6.07) is 13.4. The monoisotopic (exact) mass is 337 g/mol. The Morgan fingerprint density at radius 1 is 1.00 bits per heavy atom. The van der Waals surface area contributed by atoms with Gasteiger partial charge < -0.3 is 10.6 Å². The number of nitrogens with zero attached hydrogens (tertiary/aromatic N) is 3. The number of hydrogen-bond donors (Lipinski definition) is 2. The van der Waals surface area contributed by atoms with Gasteiger partial charge in [-0.1, -0.05) is 24.3 Å². The summed E-state index contributed by atoms with van der Waals surface area (Å²) in [6.07, 6.45) is 3.35. The van der Waals surface area contributed by atoms with E-state index in [1.165, 1.54) is 6.07 Å². The number of carbonyl (C=O) groups is 1. The second kappa shape index (κ2) is 7.96. The fourth-order valence-corrected chi connectivity index (χ4v) is 2.15. The van der Waals surface area contributed by atoms with E-state index in [0.29, 0.717) is 17.9 Å². The molecule has 0 radical (unpaired) electrons. The van der Waals surface area contributed by atoms with Gasteiger partial charge in [-0.2, -0.15) is 0 Å². The molecular formula is C18H16FN5O. The van der Waals surface area contributed by atoms with Crippen LogP contribution >= 0.6 is 0 Å². The number of carbonyl (C=O) groups excluding carboxylic acids is 1. The third-order valence-electron chi connectivity index (χ3n) is 3.49. The van der Waals surface area contributed by atoms with Crippen molar-refractivity contribution in [3.63, 3.8) is 0 Å². The summed E-state index contributed by atoms with van der Waals surface area (Å²) in [7, 11) is 0. The van der Waals surface area contributed by atoms with Crippen molar-refractivity contribution in [2.45, 2.75) is 13.1 Å². The molecule has 0 aliphatic heterocycles. The third kappa shape index (κ3) is 4.57. The van der Waals surface area contributed by atoms with Gasteiger partial charge in [-0.05, 0) is 29.8 Å². The predicted octanol–water partition coefficient (Wildman–Crippen LogP) is 2.55. The topological polar surface area (TPSA) is 79.8 Å². The van der Waals surface area contributed by atoms with E-state index in [-0.39, 0.29) is 24.0 Å². The first-order valence-electron chi connectivity index (χ1n) is 7.70. The van der Waals surface area contributed by atoms with Crippen molar-refractivity contribution in [1.29, 1.82) is 0 Å². The molecule has 0 fully saturated rings. The molecule has 1 amide bonds. The summed E-state index contributed by atoms with van der Waals surface area (Å²) in [6.45, 7) is 0.648. The lowest BCUT2D eigenvalue weighted by atomic mass is 10.2. The quantitative estimate of drug-likeness (QED) is 0.723. The molecule has 0 unspecified atom stereocenters. The second-order valence-electron chi connectivity index (χ2n) is 5.29. The van der Waals surface area contributed by atoms with E-state index < -0.39 is 0 Å². The maximum atomic E-state index is 13.6. The first-order chi connectivity index (χ1) is 12.2.